The predicted octanol–water partition coefficient (Wildman–Crippen LogP) is 3.85. The van der Waals surface area contributed by atoms with E-state index in [0.717, 1.165) is 23.1 Å². The number of anilines is 1. The van der Waals surface area contributed by atoms with Crippen LogP contribution in [0.5, 0.6) is 5.75 Å². The lowest BCUT2D eigenvalue weighted by molar-refractivity contribution is -0.179. The predicted molar refractivity (Wildman–Crippen MR) is 87.5 cm³/mol. The first-order chi connectivity index (χ1) is 12.7. The molecule has 2 aromatic rings. The van der Waals surface area contributed by atoms with Crippen LogP contribution < -0.4 is 15.0 Å². The molecule has 1 N–H and O–H groups in total. The Morgan fingerprint density at radius 1 is 1.22 bits per heavy atom. The van der Waals surface area contributed by atoms with Crippen LogP contribution in [0, 0.1) is 17.1 Å². The van der Waals surface area contributed by atoms with Crippen LogP contribution in [0.3, 0.4) is 0 Å². The molecule has 0 unspecified atom stereocenters. The molecule has 3 rings (SSSR count). The number of ether oxygens (including phenoxy) is 1. The van der Waals surface area contributed by atoms with E-state index < -0.39 is 29.1 Å². The fourth-order valence-electron chi connectivity index (χ4n) is 2.89. The van der Waals surface area contributed by atoms with Gasteiger partial charge in [-0.15, -0.1) is 0 Å². The van der Waals surface area contributed by atoms with E-state index in [-0.39, 0.29) is 12.2 Å². The summed E-state index contributed by atoms with van der Waals surface area (Å²) in [6.45, 7) is -0.0756. The molecule has 2 aromatic carbocycles. The molecule has 9 heteroatoms. The number of methoxy groups -OCH3 is 1. The number of nitriles is 1. The quantitative estimate of drug-likeness (QED) is 0.824. The lowest BCUT2D eigenvalue weighted by Crippen LogP contribution is -2.62. The summed E-state index contributed by atoms with van der Waals surface area (Å²) in [5.41, 5.74) is -3.56. The average Bonchev–Trinajstić information content (AvgIpc) is 2.63. The molecule has 5 nitrogen and oxygen atoms in total. The number of urea groups is 1. The van der Waals surface area contributed by atoms with Crippen molar-refractivity contribution in [3.63, 3.8) is 0 Å². The molecule has 1 aliphatic rings. The molecule has 0 aromatic heterocycles. The van der Waals surface area contributed by atoms with Gasteiger partial charge in [-0.1, -0.05) is 12.1 Å². The number of alkyl halides is 3. The maximum atomic E-state index is 13.7. The van der Waals surface area contributed by atoms with Crippen molar-refractivity contribution in [2.45, 2.75) is 18.3 Å². The van der Waals surface area contributed by atoms with Crippen LogP contribution >= 0.6 is 0 Å². The Labute approximate surface area is 151 Å². The standard InChI is InChI=1S/C18H13F4N3O2/c1-27-13-5-2-11(3-6-13)9-25-15-7-4-12(19)8-14(15)17(10-23,18(20,21)22)24-16(25)26/h2-8H,9H2,1H3,(H,24,26)/t17-/m0/s1. The van der Waals surface area contributed by atoms with Crippen molar-refractivity contribution >= 4 is 11.7 Å². The molecule has 0 spiro atoms. The number of benzene rings is 2. The second kappa shape index (κ2) is 6.46. The summed E-state index contributed by atoms with van der Waals surface area (Å²) < 4.78 is 59.6. The van der Waals surface area contributed by atoms with Gasteiger partial charge in [0, 0.05) is 5.56 Å². The van der Waals surface area contributed by atoms with Gasteiger partial charge in [0.2, 0.25) is 0 Å². The third-order valence-electron chi connectivity index (χ3n) is 4.29. The van der Waals surface area contributed by atoms with Gasteiger partial charge in [-0.3, -0.25) is 4.90 Å². The van der Waals surface area contributed by atoms with Crippen LogP contribution in [-0.4, -0.2) is 19.3 Å². The number of carbonyl (C=O) groups is 1. The second-order valence-electron chi connectivity index (χ2n) is 5.89. The van der Waals surface area contributed by atoms with Crippen molar-refractivity contribution in [3.05, 3.63) is 59.4 Å². The van der Waals surface area contributed by atoms with Gasteiger partial charge in [0.15, 0.2) is 0 Å². The van der Waals surface area contributed by atoms with Crippen LogP contribution in [0.2, 0.25) is 0 Å². The van der Waals surface area contributed by atoms with E-state index in [0.29, 0.717) is 17.4 Å². The van der Waals surface area contributed by atoms with E-state index in [4.69, 9.17) is 4.74 Å². The summed E-state index contributed by atoms with van der Waals surface area (Å²) in [6, 6.07) is 9.18. The maximum absolute atomic E-state index is 13.7. The lowest BCUT2D eigenvalue weighted by Gasteiger charge is -2.40. The molecule has 2 amide bonds. The molecule has 0 saturated heterocycles. The van der Waals surface area contributed by atoms with Crippen molar-refractivity contribution in [1.82, 2.24) is 5.32 Å². The van der Waals surface area contributed by atoms with Crippen molar-refractivity contribution in [2.24, 2.45) is 0 Å². The molecule has 0 radical (unpaired) electrons. The van der Waals surface area contributed by atoms with E-state index in [2.05, 4.69) is 0 Å². The van der Waals surface area contributed by atoms with Gasteiger partial charge in [-0.2, -0.15) is 18.4 Å². The molecule has 1 heterocycles. The minimum atomic E-state index is -5.13. The Bertz CT molecular complexity index is 922. The van der Waals surface area contributed by atoms with E-state index in [1.165, 1.54) is 7.11 Å². The Hall–Kier alpha value is -3.28. The van der Waals surface area contributed by atoms with Crippen molar-refractivity contribution in [2.75, 3.05) is 12.0 Å². The molecule has 1 atom stereocenters. The molecule has 0 bridgehead atoms. The Morgan fingerprint density at radius 2 is 1.89 bits per heavy atom. The van der Waals surface area contributed by atoms with Gasteiger partial charge in [-0.05, 0) is 35.9 Å². The first-order valence-electron chi connectivity index (χ1n) is 7.72. The summed E-state index contributed by atoms with van der Waals surface area (Å²) >= 11 is 0. The molecule has 27 heavy (non-hydrogen) atoms. The number of rotatable bonds is 3. The van der Waals surface area contributed by atoms with Gasteiger partial charge < -0.3 is 10.1 Å². The normalized spacial score (nSPS) is 19.1. The minimum Gasteiger partial charge on any atom is -0.497 e. The maximum Gasteiger partial charge on any atom is 0.429 e. The summed E-state index contributed by atoms with van der Waals surface area (Å²) in [6.07, 6.45) is -5.13. The second-order valence-corrected chi connectivity index (χ2v) is 5.89. The Morgan fingerprint density at radius 3 is 2.44 bits per heavy atom. The third kappa shape index (κ3) is 3.03. The zero-order valence-electron chi connectivity index (χ0n) is 14.0. The fraction of sp³-hybridized carbons (Fsp3) is 0.222. The van der Waals surface area contributed by atoms with E-state index >= 15 is 0 Å². The highest BCUT2D eigenvalue weighted by atomic mass is 19.4. The minimum absolute atomic E-state index is 0.0756. The van der Waals surface area contributed by atoms with Crippen LogP contribution in [-0.2, 0) is 12.1 Å². The number of halogens is 4. The topological polar surface area (TPSA) is 65.4 Å². The van der Waals surface area contributed by atoms with Gasteiger partial charge in [0.1, 0.15) is 17.6 Å². The molecule has 140 valence electrons. The Balaban J connectivity index is 2.09. The molecule has 0 aliphatic carbocycles. The highest BCUT2D eigenvalue weighted by Gasteiger charge is 2.62. The van der Waals surface area contributed by atoms with Crippen LogP contribution in [0.4, 0.5) is 28.0 Å². The van der Waals surface area contributed by atoms with E-state index in [1.54, 1.807) is 29.6 Å². The molecule has 1 aliphatic heterocycles. The monoisotopic (exact) mass is 379 g/mol. The highest BCUT2D eigenvalue weighted by Crippen LogP contribution is 2.45. The fourth-order valence-corrected chi connectivity index (χ4v) is 2.89. The SMILES string of the molecule is COc1ccc(CN2C(=O)N[C@](C#N)(C(F)(F)F)c3cc(F)ccc32)cc1. The zero-order chi connectivity index (χ0) is 19.8. The van der Waals surface area contributed by atoms with Gasteiger partial charge in [0.05, 0.1) is 19.3 Å². The molecule has 0 saturated carbocycles. The summed E-state index contributed by atoms with van der Waals surface area (Å²) in [4.78, 5) is 13.5. The van der Waals surface area contributed by atoms with Gasteiger partial charge in [0.25, 0.3) is 5.54 Å². The Kier molecular flexibility index (Phi) is 4.43. The number of fused-ring (bicyclic) bond motifs is 1. The first-order valence-corrected chi connectivity index (χ1v) is 7.72. The highest BCUT2D eigenvalue weighted by molar-refractivity contribution is 5.97. The van der Waals surface area contributed by atoms with Gasteiger partial charge in [-0.25, -0.2) is 9.18 Å². The van der Waals surface area contributed by atoms with Crippen molar-refractivity contribution in [3.8, 4) is 11.8 Å². The van der Waals surface area contributed by atoms with Crippen molar-refractivity contribution in [1.29, 1.82) is 5.26 Å². The van der Waals surface area contributed by atoms with E-state index in [9.17, 15) is 27.6 Å². The summed E-state index contributed by atoms with van der Waals surface area (Å²) in [5.74, 6) is -0.372. The lowest BCUT2D eigenvalue weighted by atomic mass is 9.86. The van der Waals surface area contributed by atoms with Crippen LogP contribution in [0.25, 0.3) is 0 Å². The van der Waals surface area contributed by atoms with E-state index in [1.807, 2.05) is 0 Å². The van der Waals surface area contributed by atoms with Crippen molar-refractivity contribution < 1.29 is 27.1 Å². The number of amides is 2. The third-order valence-corrected chi connectivity index (χ3v) is 4.29. The zero-order valence-corrected chi connectivity index (χ0v) is 14.0. The molecular formula is C18H13F4N3O2. The van der Waals surface area contributed by atoms with Gasteiger partial charge >= 0.3 is 12.2 Å². The summed E-state index contributed by atoms with van der Waals surface area (Å²) in [5, 5.41) is 10.9. The van der Waals surface area contributed by atoms with Crippen LogP contribution in [0.1, 0.15) is 11.1 Å². The number of hydrogen-bond acceptors (Lipinski definition) is 3. The number of nitrogens with one attached hydrogen (secondary N) is 1. The number of nitrogens with zero attached hydrogens (tertiary/aromatic N) is 2. The average molecular weight is 379 g/mol. The smallest absolute Gasteiger partial charge is 0.429 e. The molecular weight excluding hydrogens is 366 g/mol. The number of carbonyl (C=O) groups excluding carboxylic acids is 1. The summed E-state index contributed by atoms with van der Waals surface area (Å²) in [7, 11) is 1.48. The largest absolute Gasteiger partial charge is 0.497 e. The number of hydrogen-bond donors (Lipinski definition) is 1. The molecule has 0 fully saturated rings. The first kappa shape index (κ1) is 18.5. The van der Waals surface area contributed by atoms with Crippen LogP contribution in [0.15, 0.2) is 42.5 Å².